The first kappa shape index (κ1) is 24.0. The molecule has 0 radical (unpaired) electrons. The van der Waals surface area contributed by atoms with Crippen LogP contribution < -0.4 is 10.1 Å². The Labute approximate surface area is 188 Å². The molecule has 0 aliphatic carbocycles. The van der Waals surface area contributed by atoms with Gasteiger partial charge in [-0.2, -0.15) is 0 Å². The van der Waals surface area contributed by atoms with Gasteiger partial charge in [0.25, 0.3) is 5.91 Å². The number of halogens is 2. The summed E-state index contributed by atoms with van der Waals surface area (Å²) in [5, 5.41) is 4.13. The summed E-state index contributed by atoms with van der Waals surface area (Å²) in [5.41, 5.74) is 1.74. The average molecular weight is 451 g/mol. The maximum Gasteiger partial charge on any atom is 0.261 e. The highest BCUT2D eigenvalue weighted by atomic mass is 35.5. The van der Waals surface area contributed by atoms with Crippen molar-refractivity contribution in [2.24, 2.45) is 5.92 Å². The van der Waals surface area contributed by atoms with Gasteiger partial charge in [-0.15, -0.1) is 0 Å². The number of hydrogen-bond donors (Lipinski definition) is 1. The normalized spacial score (nSPS) is 11.8. The van der Waals surface area contributed by atoms with E-state index in [0.717, 1.165) is 11.1 Å². The lowest BCUT2D eigenvalue weighted by molar-refractivity contribution is -0.142. The summed E-state index contributed by atoms with van der Waals surface area (Å²) in [6.45, 7) is 8.26. The van der Waals surface area contributed by atoms with Crippen molar-refractivity contribution in [1.29, 1.82) is 0 Å². The van der Waals surface area contributed by atoms with E-state index in [0.29, 0.717) is 28.3 Å². The number of aryl methyl sites for hydroxylation is 1. The number of benzene rings is 2. The van der Waals surface area contributed by atoms with Crippen LogP contribution in [0.25, 0.3) is 0 Å². The minimum Gasteiger partial charge on any atom is -0.484 e. The van der Waals surface area contributed by atoms with Gasteiger partial charge in [-0.25, -0.2) is 0 Å². The van der Waals surface area contributed by atoms with Gasteiger partial charge in [-0.05, 0) is 61.2 Å². The molecule has 0 aliphatic rings. The Kier molecular flexibility index (Phi) is 9.00. The van der Waals surface area contributed by atoms with Crippen LogP contribution in [-0.4, -0.2) is 35.9 Å². The van der Waals surface area contributed by atoms with Gasteiger partial charge in [0.1, 0.15) is 11.8 Å². The predicted molar refractivity (Wildman–Crippen MR) is 121 cm³/mol. The fourth-order valence-corrected chi connectivity index (χ4v) is 3.00. The maximum absolute atomic E-state index is 13.0. The van der Waals surface area contributed by atoms with Gasteiger partial charge in [0.15, 0.2) is 6.61 Å². The van der Waals surface area contributed by atoms with Gasteiger partial charge < -0.3 is 15.0 Å². The number of hydrogen-bond acceptors (Lipinski definition) is 3. The van der Waals surface area contributed by atoms with Gasteiger partial charge in [0.2, 0.25) is 5.91 Å². The number of carbonyl (C=O) groups excluding carboxylic acids is 2. The first-order valence-corrected chi connectivity index (χ1v) is 10.6. The summed E-state index contributed by atoms with van der Waals surface area (Å²) in [6, 6.07) is 11.8. The Morgan fingerprint density at radius 2 is 1.73 bits per heavy atom. The topological polar surface area (TPSA) is 58.6 Å². The van der Waals surface area contributed by atoms with Crippen LogP contribution in [-0.2, 0) is 16.1 Å². The van der Waals surface area contributed by atoms with E-state index in [1.54, 1.807) is 37.3 Å². The quantitative estimate of drug-likeness (QED) is 0.592. The first-order chi connectivity index (χ1) is 14.2. The zero-order chi connectivity index (χ0) is 22.3. The monoisotopic (exact) mass is 450 g/mol. The highest BCUT2D eigenvalue weighted by Gasteiger charge is 2.26. The van der Waals surface area contributed by atoms with Crippen molar-refractivity contribution >= 4 is 35.0 Å². The van der Waals surface area contributed by atoms with E-state index in [1.165, 1.54) is 4.90 Å². The largest absolute Gasteiger partial charge is 0.484 e. The van der Waals surface area contributed by atoms with Crippen molar-refractivity contribution in [1.82, 2.24) is 10.2 Å². The Hall–Kier alpha value is -2.24. The molecule has 1 atom stereocenters. The summed E-state index contributed by atoms with van der Waals surface area (Å²) < 4.78 is 5.67. The summed E-state index contributed by atoms with van der Waals surface area (Å²) in [4.78, 5) is 27.1. The van der Waals surface area contributed by atoms with Crippen molar-refractivity contribution in [3.8, 4) is 5.75 Å². The molecule has 0 saturated carbocycles. The molecule has 1 unspecified atom stereocenters. The average Bonchev–Trinajstić information content (AvgIpc) is 2.71. The van der Waals surface area contributed by atoms with E-state index in [2.05, 4.69) is 5.32 Å². The Morgan fingerprint density at radius 1 is 1.07 bits per heavy atom. The third kappa shape index (κ3) is 7.22. The zero-order valence-corrected chi connectivity index (χ0v) is 19.3. The van der Waals surface area contributed by atoms with Crippen molar-refractivity contribution in [3.63, 3.8) is 0 Å². The molecular formula is C23H28Cl2N2O3. The number of nitrogens with zero attached hydrogens (tertiary/aromatic N) is 1. The summed E-state index contributed by atoms with van der Waals surface area (Å²) in [7, 11) is 0. The van der Waals surface area contributed by atoms with Crippen LogP contribution in [0.15, 0.2) is 42.5 Å². The van der Waals surface area contributed by atoms with E-state index >= 15 is 0 Å². The van der Waals surface area contributed by atoms with Crippen molar-refractivity contribution in [2.75, 3.05) is 13.2 Å². The molecule has 0 aliphatic heterocycles. The number of ether oxygens (including phenoxy) is 1. The molecule has 162 valence electrons. The lowest BCUT2D eigenvalue weighted by atomic mass is 10.1. The van der Waals surface area contributed by atoms with Gasteiger partial charge in [-0.1, -0.05) is 49.2 Å². The second-order valence-electron chi connectivity index (χ2n) is 7.66. The third-order valence-corrected chi connectivity index (χ3v) is 5.29. The molecule has 0 bridgehead atoms. The molecule has 30 heavy (non-hydrogen) atoms. The van der Waals surface area contributed by atoms with Crippen molar-refractivity contribution in [3.05, 3.63) is 63.6 Å². The number of rotatable bonds is 9. The molecule has 0 heterocycles. The van der Waals surface area contributed by atoms with Crippen LogP contribution in [0.3, 0.4) is 0 Å². The molecule has 2 amide bonds. The molecule has 2 aromatic carbocycles. The Balaban J connectivity index is 2.13. The second-order valence-corrected chi connectivity index (χ2v) is 8.51. The molecule has 0 aromatic heterocycles. The van der Waals surface area contributed by atoms with E-state index in [4.69, 9.17) is 27.9 Å². The fourth-order valence-electron chi connectivity index (χ4n) is 2.76. The molecular weight excluding hydrogens is 423 g/mol. The van der Waals surface area contributed by atoms with Crippen LogP contribution in [0.1, 0.15) is 31.9 Å². The molecule has 0 saturated heterocycles. The molecule has 0 spiro atoms. The molecule has 2 rings (SSSR count). The maximum atomic E-state index is 13.0. The highest BCUT2D eigenvalue weighted by molar-refractivity contribution is 6.31. The molecule has 7 heteroatoms. The van der Waals surface area contributed by atoms with Gasteiger partial charge in [0, 0.05) is 23.1 Å². The number of nitrogens with one attached hydrogen (secondary N) is 1. The van der Waals surface area contributed by atoms with Gasteiger partial charge in [0.05, 0.1) is 0 Å². The Morgan fingerprint density at radius 3 is 2.33 bits per heavy atom. The van der Waals surface area contributed by atoms with Crippen molar-refractivity contribution < 1.29 is 14.3 Å². The van der Waals surface area contributed by atoms with Crippen LogP contribution in [0, 0.1) is 12.8 Å². The lowest BCUT2D eigenvalue weighted by Gasteiger charge is -2.29. The summed E-state index contributed by atoms with van der Waals surface area (Å²) in [5.74, 6) is 0.379. The molecule has 2 aromatic rings. The van der Waals surface area contributed by atoms with Crippen molar-refractivity contribution in [2.45, 2.75) is 40.3 Å². The van der Waals surface area contributed by atoms with E-state index in [1.807, 2.05) is 32.9 Å². The first-order valence-electron chi connectivity index (χ1n) is 9.88. The number of carbonyl (C=O) groups is 2. The second kappa shape index (κ2) is 11.2. The molecule has 0 fully saturated rings. The van der Waals surface area contributed by atoms with E-state index in [-0.39, 0.29) is 25.0 Å². The third-order valence-electron chi connectivity index (χ3n) is 4.61. The molecule has 5 nitrogen and oxygen atoms in total. The van der Waals surface area contributed by atoms with E-state index in [9.17, 15) is 9.59 Å². The van der Waals surface area contributed by atoms with Crippen LogP contribution in [0.2, 0.25) is 10.0 Å². The minimum atomic E-state index is -0.650. The SMILES string of the molecule is Cc1cc(OCC(=O)N(Cc2ccc(Cl)cc2)C(C)C(=O)NCC(C)C)ccc1Cl. The Bertz CT molecular complexity index is 869. The zero-order valence-electron chi connectivity index (χ0n) is 17.7. The minimum absolute atomic E-state index is 0.184. The number of amides is 2. The van der Waals surface area contributed by atoms with E-state index < -0.39 is 6.04 Å². The fraction of sp³-hybridized carbons (Fsp3) is 0.391. The van der Waals surface area contributed by atoms with Crippen LogP contribution in [0.4, 0.5) is 0 Å². The summed E-state index contributed by atoms with van der Waals surface area (Å²) in [6.07, 6.45) is 0. The highest BCUT2D eigenvalue weighted by Crippen LogP contribution is 2.21. The van der Waals surface area contributed by atoms with Crippen LogP contribution >= 0.6 is 23.2 Å². The smallest absolute Gasteiger partial charge is 0.261 e. The molecule has 1 N–H and O–H groups in total. The van der Waals surface area contributed by atoms with Gasteiger partial charge >= 0.3 is 0 Å². The summed E-state index contributed by atoms with van der Waals surface area (Å²) >= 11 is 12.0. The predicted octanol–water partition coefficient (Wildman–Crippen LogP) is 4.87. The standard InChI is InChI=1S/C23H28Cl2N2O3/c1-15(2)12-26-23(29)17(4)27(13-18-5-7-19(24)8-6-18)22(28)14-30-20-9-10-21(25)16(3)11-20/h5-11,15,17H,12-14H2,1-4H3,(H,26,29). The van der Waals surface area contributed by atoms with Crippen LogP contribution in [0.5, 0.6) is 5.75 Å². The lowest BCUT2D eigenvalue weighted by Crippen LogP contribution is -2.49. The van der Waals surface area contributed by atoms with Gasteiger partial charge in [-0.3, -0.25) is 9.59 Å².